The van der Waals surface area contributed by atoms with E-state index in [1.54, 1.807) is 22.5 Å². The number of nitrogens with zero attached hydrogens (tertiary/aromatic N) is 1. The van der Waals surface area contributed by atoms with Crippen LogP contribution >= 0.6 is 32.9 Å². The van der Waals surface area contributed by atoms with Crippen LogP contribution in [-0.2, 0) is 9.63 Å². The summed E-state index contributed by atoms with van der Waals surface area (Å²) in [6.45, 7) is -0.241. The Bertz CT molecular complexity index is 1190. The average Bonchev–Trinajstić information content (AvgIpc) is 3.19. The molecule has 166 valence electrons. The highest BCUT2D eigenvalue weighted by atomic mass is 32.9. The van der Waals surface area contributed by atoms with Crippen LogP contribution in [0.3, 0.4) is 0 Å². The lowest BCUT2D eigenvalue weighted by Crippen LogP contribution is -2.15. The van der Waals surface area contributed by atoms with E-state index in [0.717, 1.165) is 14.3 Å². The smallest absolute Gasteiger partial charge is 0.347 e. The lowest BCUT2D eigenvalue weighted by molar-refractivity contribution is -0.757. The Morgan fingerprint density at radius 1 is 1.06 bits per heavy atom. The number of rotatable bonds is 9. The molecule has 0 spiro atoms. The van der Waals surface area contributed by atoms with E-state index in [1.807, 2.05) is 18.2 Å². The first-order chi connectivity index (χ1) is 15.3. The van der Waals surface area contributed by atoms with Gasteiger partial charge in [0.05, 0.1) is 6.61 Å². The fraction of sp³-hybridized carbons (Fsp3) is 0.150. The Kier molecular flexibility index (Phi) is 7.87. The van der Waals surface area contributed by atoms with Crippen LogP contribution in [0.2, 0.25) is 0 Å². The van der Waals surface area contributed by atoms with Crippen molar-refractivity contribution in [1.29, 1.82) is 0 Å². The largest absolute Gasteiger partial charge is 0.426 e. The molecule has 0 atom stereocenters. The van der Waals surface area contributed by atoms with Crippen molar-refractivity contribution in [2.24, 2.45) is 0 Å². The standard InChI is InChI=1S/C20H16N2O7S3/c21-13-5-8-16(29-18(23)2-1-9-27-22(25)26)15(10-13)20(24)28-14-6-3-12(4-7-14)17-11-19(30)32-31-17/h3-8,10-11H,1-2,9,21H2. The molecule has 0 saturated heterocycles. The van der Waals surface area contributed by atoms with E-state index in [-0.39, 0.29) is 36.4 Å². The first kappa shape index (κ1) is 23.3. The number of carbonyl (C=O) groups is 2. The first-order valence-electron chi connectivity index (χ1n) is 9.12. The van der Waals surface area contributed by atoms with Gasteiger partial charge in [0.15, 0.2) is 0 Å². The van der Waals surface area contributed by atoms with Gasteiger partial charge >= 0.3 is 11.9 Å². The predicted molar refractivity (Wildman–Crippen MR) is 122 cm³/mol. The minimum Gasteiger partial charge on any atom is -0.426 e. The molecule has 0 aliphatic rings. The summed E-state index contributed by atoms with van der Waals surface area (Å²) in [5, 5.41) is 9.19. The Balaban J connectivity index is 1.67. The fourth-order valence-corrected chi connectivity index (χ4v) is 4.95. The number of hydrogen-bond acceptors (Lipinski definition) is 11. The van der Waals surface area contributed by atoms with E-state index in [1.165, 1.54) is 28.5 Å². The molecule has 0 amide bonds. The average molecular weight is 493 g/mol. The van der Waals surface area contributed by atoms with Gasteiger partial charge in [-0.2, -0.15) is 0 Å². The van der Waals surface area contributed by atoms with Crippen molar-refractivity contribution < 1.29 is 29.0 Å². The number of anilines is 1. The van der Waals surface area contributed by atoms with Crippen molar-refractivity contribution in [3.63, 3.8) is 0 Å². The third-order valence-electron chi connectivity index (χ3n) is 3.98. The van der Waals surface area contributed by atoms with Crippen LogP contribution in [0.4, 0.5) is 5.69 Å². The molecule has 0 saturated carbocycles. The van der Waals surface area contributed by atoms with Gasteiger partial charge in [-0.1, -0.05) is 32.9 Å². The molecular weight excluding hydrogens is 476 g/mol. The van der Waals surface area contributed by atoms with Gasteiger partial charge in [-0.3, -0.25) is 4.79 Å². The van der Waals surface area contributed by atoms with Crippen LogP contribution in [0.1, 0.15) is 23.2 Å². The lowest BCUT2D eigenvalue weighted by atomic mass is 10.1. The number of nitrogen functional groups attached to an aromatic ring is 1. The van der Waals surface area contributed by atoms with Crippen LogP contribution in [0, 0.1) is 13.9 Å². The Morgan fingerprint density at radius 2 is 1.81 bits per heavy atom. The number of benzene rings is 2. The summed E-state index contributed by atoms with van der Waals surface area (Å²) >= 11 is 5.14. The molecule has 0 radical (unpaired) electrons. The number of carbonyl (C=O) groups excluding carboxylic acids is 2. The normalized spacial score (nSPS) is 10.4. The number of hydrogen-bond donors (Lipinski definition) is 1. The Morgan fingerprint density at radius 3 is 2.47 bits per heavy atom. The highest BCUT2D eigenvalue weighted by Crippen LogP contribution is 2.31. The molecule has 3 aromatic rings. The van der Waals surface area contributed by atoms with Crippen molar-refractivity contribution in [3.05, 3.63) is 68.0 Å². The van der Waals surface area contributed by atoms with Crippen LogP contribution in [0.5, 0.6) is 11.5 Å². The van der Waals surface area contributed by atoms with Gasteiger partial charge in [-0.15, -0.1) is 10.1 Å². The lowest BCUT2D eigenvalue weighted by Gasteiger charge is -2.11. The van der Waals surface area contributed by atoms with Crippen LogP contribution in [0.15, 0.2) is 48.5 Å². The van der Waals surface area contributed by atoms with E-state index in [4.69, 9.17) is 27.4 Å². The fourth-order valence-electron chi connectivity index (χ4n) is 2.55. The molecule has 3 rings (SSSR count). The molecule has 0 aliphatic heterocycles. The Hall–Kier alpha value is -3.35. The summed E-state index contributed by atoms with van der Waals surface area (Å²) in [5.74, 6) is -1.16. The third-order valence-corrected chi connectivity index (χ3v) is 6.89. The zero-order valence-corrected chi connectivity index (χ0v) is 18.8. The molecule has 32 heavy (non-hydrogen) atoms. The highest BCUT2D eigenvalue weighted by molar-refractivity contribution is 7.80. The second kappa shape index (κ2) is 10.8. The van der Waals surface area contributed by atoms with Gasteiger partial charge in [0.2, 0.25) is 0 Å². The molecular formula is C20H16N2O7S3. The molecule has 0 aliphatic carbocycles. The van der Waals surface area contributed by atoms with Crippen molar-refractivity contribution in [3.8, 4) is 21.9 Å². The van der Waals surface area contributed by atoms with Gasteiger partial charge in [0.1, 0.15) is 20.9 Å². The van der Waals surface area contributed by atoms with Gasteiger partial charge in [0, 0.05) is 17.0 Å². The second-order valence-corrected chi connectivity index (χ2v) is 9.21. The van der Waals surface area contributed by atoms with E-state index >= 15 is 0 Å². The molecule has 0 fully saturated rings. The van der Waals surface area contributed by atoms with Gasteiger partial charge in [0.25, 0.3) is 5.09 Å². The zero-order chi connectivity index (χ0) is 23.1. The van der Waals surface area contributed by atoms with Gasteiger partial charge < -0.3 is 20.0 Å². The summed E-state index contributed by atoms with van der Waals surface area (Å²) in [6.07, 6.45) is -0.0530. The maximum Gasteiger partial charge on any atom is 0.347 e. The summed E-state index contributed by atoms with van der Waals surface area (Å²) < 4.78 is 11.4. The van der Waals surface area contributed by atoms with Gasteiger partial charge in [-0.05, 0) is 60.5 Å². The van der Waals surface area contributed by atoms with Gasteiger partial charge in [-0.25, -0.2) is 4.79 Å². The highest BCUT2D eigenvalue weighted by Gasteiger charge is 2.18. The third kappa shape index (κ3) is 6.57. The Labute approximate surface area is 194 Å². The molecule has 2 N–H and O–H groups in total. The molecule has 1 heterocycles. The summed E-state index contributed by atoms with van der Waals surface area (Å²) in [5.41, 5.74) is 6.97. The first-order valence-corrected chi connectivity index (χ1v) is 11.7. The minimum absolute atomic E-state index is 0.0280. The topological polar surface area (TPSA) is 131 Å². The van der Waals surface area contributed by atoms with E-state index in [9.17, 15) is 19.7 Å². The van der Waals surface area contributed by atoms with Crippen LogP contribution in [-0.4, -0.2) is 23.6 Å². The molecule has 1 aromatic heterocycles. The van der Waals surface area contributed by atoms with Crippen molar-refractivity contribution in [2.45, 2.75) is 12.8 Å². The number of ether oxygens (including phenoxy) is 2. The zero-order valence-electron chi connectivity index (χ0n) is 16.3. The van der Waals surface area contributed by atoms with Crippen molar-refractivity contribution in [1.82, 2.24) is 0 Å². The summed E-state index contributed by atoms with van der Waals surface area (Å²) in [7, 11) is 3.07. The second-order valence-electron chi connectivity index (χ2n) is 6.30. The van der Waals surface area contributed by atoms with E-state index in [0.29, 0.717) is 5.75 Å². The number of nitrogens with two attached hydrogens (primary N) is 1. The van der Waals surface area contributed by atoms with E-state index < -0.39 is 17.0 Å². The summed E-state index contributed by atoms with van der Waals surface area (Å²) in [6, 6.07) is 13.0. The number of esters is 2. The summed E-state index contributed by atoms with van der Waals surface area (Å²) in [4.78, 5) is 40.0. The SMILES string of the molecule is Nc1ccc(OC(=O)CCCO[N+](=O)[O-])c(C(=O)Oc2ccc(-c3cc(=S)ss3)cc2)c1. The molecule has 0 bridgehead atoms. The maximum atomic E-state index is 12.7. The monoisotopic (exact) mass is 492 g/mol. The molecule has 2 aromatic carbocycles. The predicted octanol–water partition coefficient (Wildman–Crippen LogP) is 4.90. The van der Waals surface area contributed by atoms with Crippen LogP contribution < -0.4 is 15.2 Å². The molecule has 12 heteroatoms. The van der Waals surface area contributed by atoms with Crippen molar-refractivity contribution in [2.75, 3.05) is 12.3 Å². The van der Waals surface area contributed by atoms with Crippen molar-refractivity contribution >= 4 is 50.5 Å². The molecule has 9 nitrogen and oxygen atoms in total. The maximum absolute atomic E-state index is 12.7. The minimum atomic E-state index is -0.941. The molecule has 0 unspecified atom stereocenters. The quantitative estimate of drug-likeness (QED) is 0.0647. The van der Waals surface area contributed by atoms with E-state index in [2.05, 4.69) is 4.84 Å². The van der Waals surface area contributed by atoms with Crippen LogP contribution in [0.25, 0.3) is 10.4 Å².